The van der Waals surface area contributed by atoms with E-state index >= 15 is 0 Å². The van der Waals surface area contributed by atoms with Crippen LogP contribution in [-0.4, -0.2) is 41.7 Å². The van der Waals surface area contributed by atoms with Crippen molar-refractivity contribution in [3.8, 4) is 5.75 Å². The molecule has 0 saturated heterocycles. The first-order valence-electron chi connectivity index (χ1n) is 9.85. The largest absolute Gasteiger partial charge is 0.497 e. The summed E-state index contributed by atoms with van der Waals surface area (Å²) in [5.74, 6) is 1.47. The summed E-state index contributed by atoms with van der Waals surface area (Å²) >= 11 is 7.54. The fourth-order valence-electron chi connectivity index (χ4n) is 2.88. The summed E-state index contributed by atoms with van der Waals surface area (Å²) in [6, 6.07) is 14.6. The minimum Gasteiger partial charge on any atom is -0.497 e. The number of amides is 2. The molecule has 0 aromatic heterocycles. The second-order valence-electron chi connectivity index (χ2n) is 7.33. The molecule has 7 heteroatoms. The third-order valence-corrected chi connectivity index (χ3v) is 5.72. The highest BCUT2D eigenvalue weighted by molar-refractivity contribution is 7.99. The van der Waals surface area contributed by atoms with E-state index in [1.807, 2.05) is 62.4 Å². The minimum absolute atomic E-state index is 0.00935. The van der Waals surface area contributed by atoms with Gasteiger partial charge in [-0.3, -0.25) is 9.59 Å². The lowest BCUT2D eigenvalue weighted by Crippen LogP contribution is -2.49. The summed E-state index contributed by atoms with van der Waals surface area (Å²) in [5, 5.41) is 3.58. The smallest absolute Gasteiger partial charge is 0.242 e. The predicted octanol–water partition coefficient (Wildman–Crippen LogP) is 4.52. The van der Waals surface area contributed by atoms with Gasteiger partial charge in [0.15, 0.2) is 0 Å². The summed E-state index contributed by atoms with van der Waals surface area (Å²) in [6.45, 7) is 5.93. The van der Waals surface area contributed by atoms with Gasteiger partial charge in [-0.1, -0.05) is 35.9 Å². The van der Waals surface area contributed by atoms with Crippen molar-refractivity contribution in [1.82, 2.24) is 10.2 Å². The zero-order chi connectivity index (χ0) is 22.1. The van der Waals surface area contributed by atoms with Crippen LogP contribution in [0.25, 0.3) is 0 Å². The van der Waals surface area contributed by atoms with Crippen molar-refractivity contribution in [2.75, 3.05) is 12.9 Å². The number of rotatable bonds is 10. The molecule has 1 atom stereocenters. The Balaban J connectivity index is 2.07. The van der Waals surface area contributed by atoms with Crippen molar-refractivity contribution in [1.29, 1.82) is 0 Å². The quantitative estimate of drug-likeness (QED) is 0.580. The highest BCUT2D eigenvalue weighted by Gasteiger charge is 2.26. The molecule has 2 aromatic carbocycles. The van der Waals surface area contributed by atoms with Gasteiger partial charge in [0.1, 0.15) is 11.8 Å². The van der Waals surface area contributed by atoms with E-state index in [0.29, 0.717) is 17.3 Å². The zero-order valence-electron chi connectivity index (χ0n) is 17.9. The molecule has 1 N–H and O–H groups in total. The van der Waals surface area contributed by atoms with E-state index in [0.717, 1.165) is 16.9 Å². The van der Waals surface area contributed by atoms with Crippen molar-refractivity contribution in [3.63, 3.8) is 0 Å². The van der Waals surface area contributed by atoms with Crippen LogP contribution in [0.15, 0.2) is 48.5 Å². The first-order chi connectivity index (χ1) is 14.3. The molecule has 0 spiro atoms. The van der Waals surface area contributed by atoms with E-state index in [1.54, 1.807) is 18.9 Å². The molecular weight excluding hydrogens is 420 g/mol. The second-order valence-corrected chi connectivity index (χ2v) is 8.75. The molecule has 0 aliphatic carbocycles. The maximum atomic E-state index is 13.0. The second kappa shape index (κ2) is 11.9. The van der Waals surface area contributed by atoms with Crippen molar-refractivity contribution in [2.45, 2.75) is 45.2 Å². The molecule has 162 valence electrons. The number of methoxy groups -OCH3 is 1. The Hall–Kier alpha value is -2.18. The minimum atomic E-state index is -0.575. The lowest BCUT2D eigenvalue weighted by Gasteiger charge is -2.29. The van der Waals surface area contributed by atoms with Crippen LogP contribution in [0.3, 0.4) is 0 Å². The van der Waals surface area contributed by atoms with Crippen LogP contribution in [0.4, 0.5) is 0 Å². The van der Waals surface area contributed by atoms with Gasteiger partial charge in [-0.15, -0.1) is 11.8 Å². The van der Waals surface area contributed by atoms with Gasteiger partial charge >= 0.3 is 0 Å². The van der Waals surface area contributed by atoms with Crippen LogP contribution >= 0.6 is 23.4 Å². The Labute approximate surface area is 188 Å². The van der Waals surface area contributed by atoms with Crippen LogP contribution < -0.4 is 10.1 Å². The number of halogens is 1. The van der Waals surface area contributed by atoms with Gasteiger partial charge in [0, 0.05) is 23.4 Å². The molecule has 30 heavy (non-hydrogen) atoms. The van der Waals surface area contributed by atoms with Crippen LogP contribution in [0.2, 0.25) is 5.02 Å². The zero-order valence-corrected chi connectivity index (χ0v) is 19.4. The normalized spacial score (nSPS) is 11.8. The summed E-state index contributed by atoms with van der Waals surface area (Å²) < 4.78 is 5.20. The van der Waals surface area contributed by atoms with Crippen molar-refractivity contribution >= 4 is 35.2 Å². The standard InChI is InChI=1S/C23H29ClN2O3S/c1-16(2)25-23(28)17(3)26(13-18-8-10-21(29-4)11-9-18)22(27)15-30-14-19-6-5-7-20(24)12-19/h5-12,16-17H,13-15H2,1-4H3,(H,25,28)/t17-/m0/s1. The van der Waals surface area contributed by atoms with Gasteiger partial charge < -0.3 is 15.0 Å². The van der Waals surface area contributed by atoms with Gasteiger partial charge in [-0.25, -0.2) is 0 Å². The molecule has 0 unspecified atom stereocenters. The summed E-state index contributed by atoms with van der Waals surface area (Å²) in [5.41, 5.74) is 2.00. The molecule has 2 aromatic rings. The molecule has 0 saturated carbocycles. The number of ether oxygens (including phenoxy) is 1. The number of carbonyl (C=O) groups is 2. The average Bonchev–Trinajstić information content (AvgIpc) is 2.71. The Morgan fingerprint density at radius 3 is 2.40 bits per heavy atom. The molecule has 2 amide bonds. The van der Waals surface area contributed by atoms with Gasteiger partial charge in [0.2, 0.25) is 11.8 Å². The number of carbonyl (C=O) groups excluding carboxylic acids is 2. The van der Waals surface area contributed by atoms with Gasteiger partial charge in [0.05, 0.1) is 12.9 Å². The van der Waals surface area contributed by atoms with Gasteiger partial charge in [-0.2, -0.15) is 0 Å². The lowest BCUT2D eigenvalue weighted by atomic mass is 10.1. The number of thioether (sulfide) groups is 1. The summed E-state index contributed by atoms with van der Waals surface area (Å²) in [6.07, 6.45) is 0. The Morgan fingerprint density at radius 1 is 1.10 bits per heavy atom. The number of nitrogens with zero attached hydrogens (tertiary/aromatic N) is 1. The van der Waals surface area contributed by atoms with Crippen molar-refractivity contribution in [3.05, 3.63) is 64.7 Å². The molecule has 0 heterocycles. The first kappa shape index (κ1) is 24.1. The molecule has 0 radical (unpaired) electrons. The molecule has 0 aliphatic heterocycles. The Morgan fingerprint density at radius 2 is 1.80 bits per heavy atom. The Kier molecular flexibility index (Phi) is 9.53. The number of nitrogens with one attached hydrogen (secondary N) is 1. The molecule has 0 fully saturated rings. The molecule has 5 nitrogen and oxygen atoms in total. The van der Waals surface area contributed by atoms with Crippen LogP contribution in [-0.2, 0) is 21.9 Å². The number of hydrogen-bond acceptors (Lipinski definition) is 4. The van der Waals surface area contributed by atoms with E-state index in [4.69, 9.17) is 16.3 Å². The van der Waals surface area contributed by atoms with E-state index in [2.05, 4.69) is 5.32 Å². The maximum absolute atomic E-state index is 13.0. The third-order valence-electron chi connectivity index (χ3n) is 4.49. The predicted molar refractivity (Wildman–Crippen MR) is 124 cm³/mol. The van der Waals surface area contributed by atoms with Gasteiger partial charge in [0.25, 0.3) is 0 Å². The molecule has 0 aliphatic rings. The van der Waals surface area contributed by atoms with Crippen LogP contribution in [0.5, 0.6) is 5.75 Å². The Bertz CT molecular complexity index is 843. The molecular formula is C23H29ClN2O3S. The SMILES string of the molecule is COc1ccc(CN(C(=O)CSCc2cccc(Cl)c2)[C@@H](C)C(=O)NC(C)C)cc1. The van der Waals surface area contributed by atoms with Crippen LogP contribution in [0, 0.1) is 0 Å². The lowest BCUT2D eigenvalue weighted by molar-refractivity contribution is -0.138. The van der Waals surface area contributed by atoms with Gasteiger partial charge in [-0.05, 0) is 56.2 Å². The van der Waals surface area contributed by atoms with Crippen LogP contribution in [0.1, 0.15) is 31.9 Å². The molecule has 2 rings (SSSR count). The van der Waals surface area contributed by atoms with E-state index in [9.17, 15) is 9.59 Å². The van der Waals surface area contributed by atoms with E-state index in [-0.39, 0.29) is 23.6 Å². The number of hydrogen-bond donors (Lipinski definition) is 1. The molecule has 0 bridgehead atoms. The fourth-order valence-corrected chi connectivity index (χ4v) is 3.95. The number of benzene rings is 2. The fraction of sp³-hybridized carbons (Fsp3) is 0.391. The summed E-state index contributed by atoms with van der Waals surface area (Å²) in [7, 11) is 1.61. The monoisotopic (exact) mass is 448 g/mol. The van der Waals surface area contributed by atoms with Crippen molar-refractivity contribution < 1.29 is 14.3 Å². The van der Waals surface area contributed by atoms with E-state index in [1.165, 1.54) is 11.8 Å². The summed E-state index contributed by atoms with van der Waals surface area (Å²) in [4.78, 5) is 27.2. The maximum Gasteiger partial charge on any atom is 0.242 e. The topological polar surface area (TPSA) is 58.6 Å². The highest BCUT2D eigenvalue weighted by atomic mass is 35.5. The van der Waals surface area contributed by atoms with E-state index < -0.39 is 6.04 Å². The van der Waals surface area contributed by atoms with Crippen molar-refractivity contribution in [2.24, 2.45) is 0 Å². The third kappa shape index (κ3) is 7.58. The highest BCUT2D eigenvalue weighted by Crippen LogP contribution is 2.19. The first-order valence-corrected chi connectivity index (χ1v) is 11.4. The average molecular weight is 449 g/mol.